The van der Waals surface area contributed by atoms with E-state index in [9.17, 15) is 4.79 Å². The number of rotatable bonds is 4. The third-order valence-electron chi connectivity index (χ3n) is 3.43. The molecule has 0 saturated heterocycles. The highest BCUT2D eigenvalue weighted by Gasteiger charge is 2.03. The van der Waals surface area contributed by atoms with Crippen LogP contribution in [0.3, 0.4) is 0 Å². The van der Waals surface area contributed by atoms with Crippen LogP contribution in [0.5, 0.6) is 0 Å². The average Bonchev–Trinajstić information content (AvgIpc) is 3.10. The lowest BCUT2D eigenvalue weighted by Gasteiger charge is -2.03. The smallest absolute Gasteiger partial charge is 0.185 e. The highest BCUT2D eigenvalue weighted by molar-refractivity contribution is 6.42. The zero-order chi connectivity index (χ0) is 16.2. The van der Waals surface area contributed by atoms with E-state index in [-0.39, 0.29) is 5.78 Å². The summed E-state index contributed by atoms with van der Waals surface area (Å²) in [7, 11) is 0. The first-order valence-electron chi connectivity index (χ1n) is 7.04. The molecule has 2 aromatic carbocycles. The summed E-state index contributed by atoms with van der Waals surface area (Å²) >= 11 is 11.8. The van der Waals surface area contributed by atoms with Crippen LogP contribution in [0, 0.1) is 0 Å². The fourth-order valence-electron chi connectivity index (χ4n) is 2.19. The molecular weight excluding hydrogens is 329 g/mol. The van der Waals surface area contributed by atoms with E-state index in [2.05, 4.69) is 0 Å². The molecule has 0 radical (unpaired) electrons. The van der Waals surface area contributed by atoms with Crippen LogP contribution in [0.1, 0.15) is 15.9 Å². The van der Waals surface area contributed by atoms with E-state index in [0.29, 0.717) is 15.6 Å². The Bertz CT molecular complexity index is 850. The van der Waals surface area contributed by atoms with Gasteiger partial charge in [0.2, 0.25) is 0 Å². The second-order valence-corrected chi connectivity index (χ2v) is 5.82. The van der Waals surface area contributed by atoms with Gasteiger partial charge in [-0.3, -0.25) is 4.79 Å². The molecule has 0 N–H and O–H groups in total. The monoisotopic (exact) mass is 341 g/mol. The molecule has 3 rings (SSSR count). The molecule has 0 fully saturated rings. The van der Waals surface area contributed by atoms with Gasteiger partial charge in [-0.05, 0) is 60.2 Å². The molecule has 0 aliphatic rings. The van der Waals surface area contributed by atoms with Gasteiger partial charge < -0.3 is 4.57 Å². The Labute approximate surface area is 144 Å². The van der Waals surface area contributed by atoms with Gasteiger partial charge in [-0.1, -0.05) is 35.3 Å². The quantitative estimate of drug-likeness (QED) is 0.442. The van der Waals surface area contributed by atoms with Gasteiger partial charge in [-0.15, -0.1) is 0 Å². The maximum atomic E-state index is 12.2. The number of carbonyl (C=O) groups excluding carboxylic acids is 1. The summed E-state index contributed by atoms with van der Waals surface area (Å²) in [6, 6.07) is 16.6. The zero-order valence-corrected chi connectivity index (χ0v) is 13.6. The fourth-order valence-corrected chi connectivity index (χ4v) is 2.50. The minimum absolute atomic E-state index is 0.0601. The maximum absolute atomic E-state index is 12.2. The number of carbonyl (C=O) groups is 1. The van der Waals surface area contributed by atoms with Crippen molar-refractivity contribution in [3.8, 4) is 5.69 Å². The summed E-state index contributed by atoms with van der Waals surface area (Å²) in [6.45, 7) is 0. The van der Waals surface area contributed by atoms with Crippen molar-refractivity contribution in [2.24, 2.45) is 0 Å². The molecule has 0 atom stereocenters. The van der Waals surface area contributed by atoms with Gasteiger partial charge in [0.15, 0.2) is 5.78 Å². The molecule has 1 aromatic heterocycles. The number of hydrogen-bond donors (Lipinski definition) is 0. The van der Waals surface area contributed by atoms with Crippen molar-refractivity contribution in [3.05, 3.63) is 94.2 Å². The SMILES string of the molecule is O=C(/C=C/c1ccc(Cl)c(Cl)c1)c1ccc(-n2cccc2)cc1. The summed E-state index contributed by atoms with van der Waals surface area (Å²) < 4.78 is 1.99. The predicted molar refractivity (Wildman–Crippen MR) is 95.6 cm³/mol. The summed E-state index contributed by atoms with van der Waals surface area (Å²) in [4.78, 5) is 12.2. The van der Waals surface area contributed by atoms with Crippen LogP contribution in [-0.2, 0) is 0 Å². The van der Waals surface area contributed by atoms with Crippen LogP contribution >= 0.6 is 23.2 Å². The van der Waals surface area contributed by atoms with Gasteiger partial charge in [0, 0.05) is 23.6 Å². The van der Waals surface area contributed by atoms with E-state index in [0.717, 1.165) is 11.3 Å². The van der Waals surface area contributed by atoms with Crippen molar-refractivity contribution in [1.29, 1.82) is 0 Å². The summed E-state index contributed by atoms with van der Waals surface area (Å²) in [5.41, 5.74) is 2.48. The lowest BCUT2D eigenvalue weighted by atomic mass is 10.1. The first-order valence-corrected chi connectivity index (χ1v) is 7.80. The molecule has 23 heavy (non-hydrogen) atoms. The van der Waals surface area contributed by atoms with Crippen molar-refractivity contribution >= 4 is 35.1 Å². The molecular formula is C19H13Cl2NO. The van der Waals surface area contributed by atoms with Crippen LogP contribution in [0.15, 0.2) is 73.1 Å². The zero-order valence-electron chi connectivity index (χ0n) is 12.1. The van der Waals surface area contributed by atoms with Crippen molar-refractivity contribution in [3.63, 3.8) is 0 Å². The van der Waals surface area contributed by atoms with Gasteiger partial charge in [0.05, 0.1) is 10.0 Å². The van der Waals surface area contributed by atoms with Gasteiger partial charge in [0.25, 0.3) is 0 Å². The molecule has 0 aliphatic heterocycles. The van der Waals surface area contributed by atoms with E-state index in [1.165, 1.54) is 6.08 Å². The molecule has 0 spiro atoms. The third-order valence-corrected chi connectivity index (χ3v) is 4.16. The number of halogens is 2. The molecule has 2 nitrogen and oxygen atoms in total. The van der Waals surface area contributed by atoms with Gasteiger partial charge in [0.1, 0.15) is 0 Å². The molecule has 1 heterocycles. The Morgan fingerprint density at radius 1 is 0.913 bits per heavy atom. The normalized spacial score (nSPS) is 11.0. The molecule has 114 valence electrons. The molecule has 0 saturated carbocycles. The van der Waals surface area contributed by atoms with Crippen molar-refractivity contribution in [2.75, 3.05) is 0 Å². The van der Waals surface area contributed by atoms with E-state index >= 15 is 0 Å². The average molecular weight is 342 g/mol. The second-order valence-electron chi connectivity index (χ2n) is 5.01. The van der Waals surface area contributed by atoms with Crippen LogP contribution < -0.4 is 0 Å². The van der Waals surface area contributed by atoms with Crippen molar-refractivity contribution < 1.29 is 4.79 Å². The van der Waals surface area contributed by atoms with Gasteiger partial charge in [-0.2, -0.15) is 0 Å². The number of benzene rings is 2. The topological polar surface area (TPSA) is 22.0 Å². The molecule has 0 amide bonds. The number of aromatic nitrogens is 1. The van der Waals surface area contributed by atoms with Crippen LogP contribution in [0.2, 0.25) is 10.0 Å². The number of hydrogen-bond acceptors (Lipinski definition) is 1. The first-order chi connectivity index (χ1) is 11.1. The Kier molecular flexibility index (Phi) is 4.65. The number of allylic oxidation sites excluding steroid dienone is 1. The summed E-state index contributed by atoms with van der Waals surface area (Å²) in [6.07, 6.45) is 7.18. The Morgan fingerprint density at radius 3 is 2.26 bits per heavy atom. The van der Waals surface area contributed by atoms with Crippen molar-refractivity contribution in [1.82, 2.24) is 4.57 Å². The second kappa shape index (κ2) is 6.86. The van der Waals surface area contributed by atoms with E-state index < -0.39 is 0 Å². The first kappa shape index (κ1) is 15.6. The van der Waals surface area contributed by atoms with Gasteiger partial charge in [-0.25, -0.2) is 0 Å². The minimum Gasteiger partial charge on any atom is -0.324 e. The lowest BCUT2D eigenvalue weighted by Crippen LogP contribution is -1.96. The Morgan fingerprint density at radius 2 is 1.61 bits per heavy atom. The Hall–Kier alpha value is -2.29. The minimum atomic E-state index is -0.0601. The number of ketones is 1. The van der Waals surface area contributed by atoms with E-state index in [1.54, 1.807) is 18.2 Å². The summed E-state index contributed by atoms with van der Waals surface area (Å²) in [5.74, 6) is -0.0601. The highest BCUT2D eigenvalue weighted by Crippen LogP contribution is 2.23. The lowest BCUT2D eigenvalue weighted by molar-refractivity contribution is 0.104. The molecule has 3 aromatic rings. The van der Waals surface area contributed by atoms with Gasteiger partial charge >= 0.3 is 0 Å². The standard InChI is InChI=1S/C19H13Cl2NO/c20-17-9-3-14(13-18(17)21)4-10-19(23)15-5-7-16(8-6-15)22-11-1-2-12-22/h1-13H/b10-4+. The fraction of sp³-hybridized carbons (Fsp3) is 0. The molecule has 0 unspecified atom stereocenters. The van der Waals surface area contributed by atoms with E-state index in [4.69, 9.17) is 23.2 Å². The maximum Gasteiger partial charge on any atom is 0.185 e. The van der Waals surface area contributed by atoms with Crippen molar-refractivity contribution in [2.45, 2.75) is 0 Å². The van der Waals surface area contributed by atoms with E-state index in [1.807, 2.05) is 59.4 Å². The van der Waals surface area contributed by atoms with Crippen LogP contribution in [0.4, 0.5) is 0 Å². The Balaban J connectivity index is 1.75. The molecule has 0 aliphatic carbocycles. The summed E-state index contributed by atoms with van der Waals surface area (Å²) in [5, 5.41) is 0.966. The van der Waals surface area contributed by atoms with Crippen LogP contribution in [-0.4, -0.2) is 10.4 Å². The van der Waals surface area contributed by atoms with Crippen LogP contribution in [0.25, 0.3) is 11.8 Å². The predicted octanol–water partition coefficient (Wildman–Crippen LogP) is 5.68. The molecule has 4 heteroatoms. The molecule has 0 bridgehead atoms. The highest BCUT2D eigenvalue weighted by atomic mass is 35.5. The number of nitrogens with zero attached hydrogens (tertiary/aromatic N) is 1. The third kappa shape index (κ3) is 3.73. The largest absolute Gasteiger partial charge is 0.324 e.